The predicted octanol–water partition coefficient (Wildman–Crippen LogP) is 6.44. The monoisotopic (exact) mass is 343 g/mol. The summed E-state index contributed by atoms with van der Waals surface area (Å²) < 4.78 is 0. The average Bonchev–Trinajstić information content (AvgIpc) is 3.02. The molecule has 118 valence electrons. The van der Waals surface area contributed by atoms with Crippen molar-refractivity contribution in [2.75, 3.05) is 5.32 Å². The molecule has 1 heterocycles. The molecule has 1 N–H and O–H groups in total. The van der Waals surface area contributed by atoms with Gasteiger partial charge in [0.15, 0.2) is 0 Å². The minimum absolute atomic E-state index is 0.189. The van der Waals surface area contributed by atoms with Gasteiger partial charge in [-0.2, -0.15) is 0 Å². The van der Waals surface area contributed by atoms with Gasteiger partial charge in [0.1, 0.15) is 0 Å². The zero-order chi connectivity index (χ0) is 16.1. The van der Waals surface area contributed by atoms with Gasteiger partial charge in [0, 0.05) is 11.6 Å². The highest BCUT2D eigenvalue weighted by molar-refractivity contribution is 6.42. The van der Waals surface area contributed by atoms with Crippen LogP contribution in [0.5, 0.6) is 0 Å². The lowest BCUT2D eigenvalue weighted by atomic mass is 9.75. The first-order chi connectivity index (χ1) is 11.1. The highest BCUT2D eigenvalue weighted by atomic mass is 35.5. The Morgan fingerprint density at radius 1 is 1.04 bits per heavy atom. The zero-order valence-electron chi connectivity index (χ0n) is 13.2. The molecular formula is C20H19Cl2N. The Hall–Kier alpha value is -1.44. The Morgan fingerprint density at radius 3 is 2.65 bits per heavy atom. The summed E-state index contributed by atoms with van der Waals surface area (Å²) in [4.78, 5) is 0. The molecule has 23 heavy (non-hydrogen) atoms. The van der Waals surface area contributed by atoms with Crippen LogP contribution in [0.2, 0.25) is 10.0 Å². The van der Waals surface area contributed by atoms with Crippen molar-refractivity contribution in [3.63, 3.8) is 0 Å². The Bertz CT molecular complexity index is 810. The second kappa shape index (κ2) is 5.58. The first-order valence-electron chi connectivity index (χ1n) is 8.05. The normalized spacial score (nSPS) is 25.0. The van der Waals surface area contributed by atoms with E-state index in [1.165, 1.54) is 22.4 Å². The summed E-state index contributed by atoms with van der Waals surface area (Å²) in [5, 5.41) is 5.08. The van der Waals surface area contributed by atoms with Crippen molar-refractivity contribution in [1.82, 2.24) is 0 Å². The van der Waals surface area contributed by atoms with Gasteiger partial charge < -0.3 is 5.32 Å². The maximum absolute atomic E-state index is 6.52. The lowest BCUT2D eigenvalue weighted by Gasteiger charge is -2.39. The van der Waals surface area contributed by atoms with Gasteiger partial charge in [-0.25, -0.2) is 0 Å². The molecule has 1 aliphatic heterocycles. The van der Waals surface area contributed by atoms with E-state index < -0.39 is 0 Å². The average molecular weight is 344 g/mol. The van der Waals surface area contributed by atoms with Gasteiger partial charge in [-0.15, -0.1) is 0 Å². The molecule has 2 aromatic rings. The second-order valence-corrected chi connectivity index (χ2v) is 7.39. The van der Waals surface area contributed by atoms with Crippen LogP contribution in [0, 0.1) is 19.8 Å². The molecule has 2 aromatic carbocycles. The number of benzene rings is 2. The molecule has 1 nitrogen and oxygen atoms in total. The number of rotatable bonds is 1. The van der Waals surface area contributed by atoms with Gasteiger partial charge in [-0.05, 0) is 54.5 Å². The van der Waals surface area contributed by atoms with Crippen molar-refractivity contribution in [1.29, 1.82) is 0 Å². The summed E-state index contributed by atoms with van der Waals surface area (Å²) >= 11 is 12.8. The molecule has 2 aliphatic rings. The van der Waals surface area contributed by atoms with Crippen LogP contribution in [-0.2, 0) is 0 Å². The molecule has 0 saturated heterocycles. The lowest BCUT2D eigenvalue weighted by molar-refractivity contribution is 0.424. The van der Waals surface area contributed by atoms with Gasteiger partial charge in [0.2, 0.25) is 0 Å². The first-order valence-corrected chi connectivity index (χ1v) is 8.80. The number of aryl methyl sites for hydroxylation is 2. The van der Waals surface area contributed by atoms with Gasteiger partial charge in [-0.1, -0.05) is 59.6 Å². The van der Waals surface area contributed by atoms with Crippen molar-refractivity contribution in [2.45, 2.75) is 32.2 Å². The minimum Gasteiger partial charge on any atom is -0.377 e. The van der Waals surface area contributed by atoms with Crippen LogP contribution in [0.15, 0.2) is 42.5 Å². The van der Waals surface area contributed by atoms with E-state index in [9.17, 15) is 0 Å². The smallest absolute Gasteiger partial charge is 0.0645 e. The molecule has 0 aromatic heterocycles. The molecule has 3 atom stereocenters. The van der Waals surface area contributed by atoms with E-state index in [1.54, 1.807) is 0 Å². The quantitative estimate of drug-likeness (QED) is 0.587. The third kappa shape index (κ3) is 2.29. The van der Waals surface area contributed by atoms with Crippen LogP contribution in [0.1, 0.15) is 40.6 Å². The Balaban J connectivity index is 1.88. The highest BCUT2D eigenvalue weighted by Crippen LogP contribution is 2.52. The Labute approximate surface area is 147 Å². The molecule has 1 aliphatic carbocycles. The van der Waals surface area contributed by atoms with Crippen molar-refractivity contribution in [2.24, 2.45) is 5.92 Å². The van der Waals surface area contributed by atoms with E-state index in [0.29, 0.717) is 21.9 Å². The van der Waals surface area contributed by atoms with Crippen LogP contribution in [0.3, 0.4) is 0 Å². The number of hydrogen-bond donors (Lipinski definition) is 1. The summed E-state index contributed by atoms with van der Waals surface area (Å²) in [6.45, 7) is 4.37. The van der Waals surface area contributed by atoms with Gasteiger partial charge in [-0.3, -0.25) is 0 Å². The molecule has 0 saturated carbocycles. The highest BCUT2D eigenvalue weighted by Gasteiger charge is 2.39. The topological polar surface area (TPSA) is 12.0 Å². The van der Waals surface area contributed by atoms with E-state index in [1.807, 2.05) is 12.1 Å². The third-order valence-electron chi connectivity index (χ3n) is 5.26. The molecule has 0 radical (unpaired) electrons. The van der Waals surface area contributed by atoms with Crippen LogP contribution >= 0.6 is 23.2 Å². The van der Waals surface area contributed by atoms with Crippen LogP contribution in [0.4, 0.5) is 5.69 Å². The van der Waals surface area contributed by atoms with Crippen LogP contribution < -0.4 is 5.32 Å². The predicted molar refractivity (Wildman–Crippen MR) is 98.7 cm³/mol. The van der Waals surface area contributed by atoms with E-state index in [4.69, 9.17) is 23.2 Å². The van der Waals surface area contributed by atoms with E-state index in [0.717, 1.165) is 12.0 Å². The summed E-state index contributed by atoms with van der Waals surface area (Å²) in [5.41, 5.74) is 6.45. The Morgan fingerprint density at radius 2 is 1.83 bits per heavy atom. The van der Waals surface area contributed by atoms with Crippen LogP contribution in [0.25, 0.3) is 0 Å². The van der Waals surface area contributed by atoms with Gasteiger partial charge >= 0.3 is 0 Å². The Kier molecular flexibility index (Phi) is 3.66. The molecule has 0 unspecified atom stereocenters. The maximum atomic E-state index is 6.52. The van der Waals surface area contributed by atoms with Gasteiger partial charge in [0.05, 0.1) is 16.1 Å². The SMILES string of the molecule is Cc1ccc(C)c2c1N[C@H](c1cccc(Cl)c1Cl)[C@@H]1CC=C[C@@H]21. The molecule has 0 amide bonds. The van der Waals surface area contributed by atoms with Crippen molar-refractivity contribution < 1.29 is 0 Å². The third-order valence-corrected chi connectivity index (χ3v) is 6.10. The standard InChI is InChI=1S/C20H19Cl2N/c1-11-9-10-12(2)19-17(11)13-5-3-6-14(13)20(23-19)15-7-4-8-16(21)18(15)22/h3-5,7-10,13-14,20,23H,6H2,1-2H3/t13-,14-,20+/m1/s1. The largest absolute Gasteiger partial charge is 0.377 e. The lowest BCUT2D eigenvalue weighted by Crippen LogP contribution is -2.30. The van der Waals surface area contributed by atoms with Crippen molar-refractivity contribution in [3.05, 3.63) is 74.8 Å². The number of halogens is 2. The van der Waals surface area contributed by atoms with Crippen LogP contribution in [-0.4, -0.2) is 0 Å². The zero-order valence-corrected chi connectivity index (χ0v) is 14.7. The number of allylic oxidation sites excluding steroid dienone is 2. The fourth-order valence-corrected chi connectivity index (χ4v) is 4.54. The summed E-state index contributed by atoms with van der Waals surface area (Å²) in [6.07, 6.45) is 5.74. The number of fused-ring (bicyclic) bond motifs is 3. The number of anilines is 1. The van der Waals surface area contributed by atoms with Crippen molar-refractivity contribution >= 4 is 28.9 Å². The van der Waals surface area contributed by atoms with Crippen molar-refractivity contribution in [3.8, 4) is 0 Å². The summed E-state index contributed by atoms with van der Waals surface area (Å²) in [7, 11) is 0. The molecule has 0 fully saturated rings. The summed E-state index contributed by atoms with van der Waals surface area (Å²) in [6, 6.07) is 10.5. The van der Waals surface area contributed by atoms with E-state index in [-0.39, 0.29) is 6.04 Å². The van der Waals surface area contributed by atoms with E-state index in [2.05, 4.69) is 49.5 Å². The first kappa shape index (κ1) is 15.1. The minimum atomic E-state index is 0.189. The number of nitrogens with one attached hydrogen (secondary N) is 1. The molecule has 0 spiro atoms. The molecule has 4 rings (SSSR count). The van der Waals surface area contributed by atoms with E-state index >= 15 is 0 Å². The number of hydrogen-bond acceptors (Lipinski definition) is 1. The molecule has 0 bridgehead atoms. The second-order valence-electron chi connectivity index (χ2n) is 6.61. The molecule has 3 heteroatoms. The molecular weight excluding hydrogens is 325 g/mol. The maximum Gasteiger partial charge on any atom is 0.0645 e. The summed E-state index contributed by atoms with van der Waals surface area (Å²) in [5.74, 6) is 0.935. The fraction of sp³-hybridized carbons (Fsp3) is 0.300. The van der Waals surface area contributed by atoms with Gasteiger partial charge in [0.25, 0.3) is 0 Å². The fourth-order valence-electron chi connectivity index (χ4n) is 4.11.